The van der Waals surface area contributed by atoms with Crippen molar-refractivity contribution in [2.24, 2.45) is 17.4 Å². The fourth-order valence-electron chi connectivity index (χ4n) is 6.85. The first kappa shape index (κ1) is 60.1. The van der Waals surface area contributed by atoms with Crippen LogP contribution in [0, 0.1) is 5.92 Å². The number of hydrogen-bond acceptors (Lipinski definition) is 14. The molecule has 400 valence electrons. The van der Waals surface area contributed by atoms with E-state index in [0.717, 1.165) is 30.4 Å². The molecule has 1 heterocycles. The molecule has 0 saturated carbocycles. The number of aryl methyl sites for hydroxylation is 1. The quantitative estimate of drug-likeness (QED) is 0.0336. The van der Waals surface area contributed by atoms with Crippen LogP contribution in [0.15, 0.2) is 48.5 Å². The van der Waals surface area contributed by atoms with Gasteiger partial charge in [-0.3, -0.25) is 28.8 Å². The highest BCUT2D eigenvalue weighted by Crippen LogP contribution is 2.22. The Morgan fingerprint density at radius 1 is 0.639 bits per heavy atom. The van der Waals surface area contributed by atoms with Gasteiger partial charge in [0.25, 0.3) is 11.8 Å². The highest BCUT2D eigenvalue weighted by atomic mass is 16.6. The standard InChI is InChI=1S/C51H79N9O12/c1-11-12-15-32-17-19-33(20-18-32)34-21-23-35(24-22-34)43(62)56-37(25-27-55-49(68)72-51(8,9)10)44(63)58-39(31(4)69-28-30(2)3)46(65)60-42(53)47(66)57-36(45(64)59-41(52)40(61)38-29-70-38)16-13-14-26-54-48(67)71-50(5,6)7/h17-24,30-31,36-39,41-42H,11-16,25-29,52-53H2,1-10H3,(H,54,67)(H,55,68)(H,56,62)(H,57,66)(H,58,63)(H,59,64)(H,60,65). The number of carbonyl (C=O) groups excluding carboxylic acids is 8. The first-order valence-corrected chi connectivity index (χ1v) is 24.7. The molecule has 0 aromatic heterocycles. The molecule has 7 unspecified atom stereocenters. The lowest BCUT2D eigenvalue weighted by atomic mass is 10.0. The molecule has 1 saturated heterocycles. The van der Waals surface area contributed by atoms with Crippen molar-refractivity contribution in [1.82, 2.24) is 37.2 Å². The number of ketones is 1. The van der Waals surface area contributed by atoms with Crippen molar-refractivity contribution in [1.29, 1.82) is 0 Å². The average Bonchev–Trinajstić information content (AvgIpc) is 4.15. The maximum atomic E-state index is 14.2. The third-order valence-electron chi connectivity index (χ3n) is 10.8. The zero-order valence-electron chi connectivity index (χ0n) is 43.6. The van der Waals surface area contributed by atoms with E-state index in [1.807, 2.05) is 26.0 Å². The van der Waals surface area contributed by atoms with Crippen LogP contribution in [0.5, 0.6) is 0 Å². The van der Waals surface area contributed by atoms with Crippen molar-refractivity contribution in [3.63, 3.8) is 0 Å². The molecule has 7 atom stereocenters. The Morgan fingerprint density at radius 2 is 1.17 bits per heavy atom. The van der Waals surface area contributed by atoms with Gasteiger partial charge in [-0.2, -0.15) is 0 Å². The molecule has 7 amide bonds. The minimum absolute atomic E-state index is 0.000848. The number of alkyl carbamates (subject to hydrolysis) is 2. The summed E-state index contributed by atoms with van der Waals surface area (Å²) in [5.41, 5.74) is 13.9. The summed E-state index contributed by atoms with van der Waals surface area (Å²) >= 11 is 0. The molecule has 11 N–H and O–H groups in total. The minimum atomic E-state index is -1.79. The number of unbranched alkanes of at least 4 members (excludes halogenated alkanes) is 2. The lowest BCUT2D eigenvalue weighted by Gasteiger charge is -2.29. The molecule has 1 aliphatic rings. The highest BCUT2D eigenvalue weighted by molar-refractivity contribution is 6.00. The lowest BCUT2D eigenvalue weighted by Crippen LogP contribution is -2.63. The zero-order valence-corrected chi connectivity index (χ0v) is 43.6. The summed E-state index contributed by atoms with van der Waals surface area (Å²) in [4.78, 5) is 106. The lowest BCUT2D eigenvalue weighted by molar-refractivity contribution is -0.137. The largest absolute Gasteiger partial charge is 0.444 e. The van der Waals surface area contributed by atoms with E-state index < -0.39 is 101 Å². The predicted octanol–water partition coefficient (Wildman–Crippen LogP) is 3.21. The van der Waals surface area contributed by atoms with E-state index in [1.54, 1.807) is 65.8 Å². The smallest absolute Gasteiger partial charge is 0.407 e. The molecule has 0 spiro atoms. The second kappa shape index (κ2) is 28.8. The van der Waals surface area contributed by atoms with Crippen molar-refractivity contribution in [2.75, 3.05) is 26.3 Å². The molecule has 1 aliphatic heterocycles. The Kier molecular flexibility index (Phi) is 24.0. The minimum Gasteiger partial charge on any atom is -0.444 e. The number of rotatable bonds is 28. The van der Waals surface area contributed by atoms with Crippen LogP contribution < -0.4 is 48.7 Å². The molecule has 0 bridgehead atoms. The number of ether oxygens (including phenoxy) is 4. The summed E-state index contributed by atoms with van der Waals surface area (Å²) in [5, 5.41) is 17.9. The van der Waals surface area contributed by atoms with Gasteiger partial charge in [-0.1, -0.05) is 63.6 Å². The topological polar surface area (TPSA) is 313 Å². The second-order valence-electron chi connectivity index (χ2n) is 20.2. The molecule has 72 heavy (non-hydrogen) atoms. The summed E-state index contributed by atoms with van der Waals surface area (Å²) in [6, 6.07) is 10.9. The fraction of sp³-hybridized carbons (Fsp3) is 0.608. The van der Waals surface area contributed by atoms with E-state index in [9.17, 15) is 38.4 Å². The van der Waals surface area contributed by atoms with Crippen LogP contribution in [0.4, 0.5) is 9.59 Å². The van der Waals surface area contributed by atoms with E-state index in [4.69, 9.17) is 30.4 Å². The van der Waals surface area contributed by atoms with Crippen molar-refractivity contribution < 1.29 is 57.3 Å². The summed E-state index contributed by atoms with van der Waals surface area (Å²) in [7, 11) is 0. The van der Waals surface area contributed by atoms with Crippen molar-refractivity contribution in [2.45, 2.75) is 168 Å². The van der Waals surface area contributed by atoms with Gasteiger partial charge in [-0.15, -0.1) is 0 Å². The summed E-state index contributed by atoms with van der Waals surface area (Å²) < 4.78 is 21.5. The third-order valence-corrected chi connectivity index (χ3v) is 10.8. The number of nitrogens with one attached hydrogen (secondary N) is 7. The van der Waals surface area contributed by atoms with Gasteiger partial charge in [0, 0.05) is 25.3 Å². The number of nitrogens with two attached hydrogens (primary N) is 2. The molecule has 2 aromatic carbocycles. The van der Waals surface area contributed by atoms with Gasteiger partial charge in [0.15, 0.2) is 6.17 Å². The van der Waals surface area contributed by atoms with Crippen molar-refractivity contribution >= 4 is 47.5 Å². The molecule has 3 rings (SSSR count). The molecule has 21 heteroatoms. The van der Waals surface area contributed by atoms with E-state index in [-0.39, 0.29) is 57.0 Å². The molecule has 21 nitrogen and oxygen atoms in total. The van der Waals surface area contributed by atoms with Crippen LogP contribution in [0.2, 0.25) is 0 Å². The van der Waals surface area contributed by atoms with E-state index in [1.165, 1.54) is 12.5 Å². The summed E-state index contributed by atoms with van der Waals surface area (Å²) in [5.74, 6) is -4.75. The Bertz CT molecular complexity index is 2120. The normalized spacial score (nSPS) is 15.8. The summed E-state index contributed by atoms with van der Waals surface area (Å²) in [6.45, 7) is 18.1. The van der Waals surface area contributed by atoms with Crippen LogP contribution in [-0.4, -0.2) is 128 Å². The maximum Gasteiger partial charge on any atom is 0.407 e. The SMILES string of the molecule is CCCCc1ccc(-c2ccc(C(=O)NC(CCNC(=O)OC(C)(C)C)C(=O)NC(C(=O)NC(N)C(=O)NC(CCCCNC(=O)OC(C)(C)C)C(=O)NC(N)C(=O)C3CO3)C(C)OCC(C)C)cc2)cc1. The van der Waals surface area contributed by atoms with Crippen LogP contribution >= 0.6 is 0 Å². The second-order valence-corrected chi connectivity index (χ2v) is 20.2. The Labute approximate surface area is 423 Å². The van der Waals surface area contributed by atoms with Gasteiger partial charge in [-0.25, -0.2) is 9.59 Å². The van der Waals surface area contributed by atoms with Crippen LogP contribution in [0.3, 0.4) is 0 Å². The van der Waals surface area contributed by atoms with Crippen LogP contribution in [0.1, 0.15) is 124 Å². The van der Waals surface area contributed by atoms with Crippen molar-refractivity contribution in [3.05, 3.63) is 59.7 Å². The first-order valence-electron chi connectivity index (χ1n) is 24.7. The Hall–Kier alpha value is -6.16. The van der Waals surface area contributed by atoms with Crippen LogP contribution in [-0.2, 0) is 49.3 Å². The maximum absolute atomic E-state index is 14.2. The third kappa shape index (κ3) is 22.5. The van der Waals surface area contributed by atoms with E-state index >= 15 is 0 Å². The van der Waals surface area contributed by atoms with Gasteiger partial charge >= 0.3 is 12.2 Å². The average molecular weight is 1010 g/mol. The number of amides is 7. The number of carbonyl (C=O) groups is 8. The van der Waals surface area contributed by atoms with Crippen molar-refractivity contribution in [3.8, 4) is 11.1 Å². The molecule has 1 fully saturated rings. The zero-order chi connectivity index (χ0) is 53.8. The number of epoxide rings is 1. The van der Waals surface area contributed by atoms with Gasteiger partial charge < -0.3 is 67.6 Å². The molecule has 2 aromatic rings. The Balaban J connectivity index is 1.80. The fourth-order valence-corrected chi connectivity index (χ4v) is 6.85. The first-order chi connectivity index (χ1) is 33.8. The van der Waals surface area contributed by atoms with Gasteiger partial charge in [0.1, 0.15) is 41.6 Å². The Morgan fingerprint density at radius 3 is 1.71 bits per heavy atom. The predicted molar refractivity (Wildman–Crippen MR) is 270 cm³/mol. The summed E-state index contributed by atoms with van der Waals surface area (Å²) in [6.07, 6.45) is -2.69. The molecule has 0 aliphatic carbocycles. The van der Waals surface area contributed by atoms with Gasteiger partial charge in [0.2, 0.25) is 23.5 Å². The van der Waals surface area contributed by atoms with E-state index in [0.29, 0.717) is 6.42 Å². The number of benzene rings is 2. The molecular formula is C51H79N9O12. The highest BCUT2D eigenvalue weighted by Gasteiger charge is 2.37. The molecule has 0 radical (unpaired) electrons. The van der Waals surface area contributed by atoms with Gasteiger partial charge in [-0.05, 0) is 122 Å². The van der Waals surface area contributed by atoms with E-state index in [2.05, 4.69) is 56.3 Å². The molecular weight excluding hydrogens is 931 g/mol. The monoisotopic (exact) mass is 1010 g/mol. The van der Waals surface area contributed by atoms with Crippen LogP contribution in [0.25, 0.3) is 11.1 Å². The number of hydrogen-bond donors (Lipinski definition) is 9. The number of Topliss-reactive ketones (excluding diaryl/α,β-unsaturated/α-hetero) is 1. The van der Waals surface area contributed by atoms with Gasteiger partial charge in [0.05, 0.1) is 12.7 Å².